The van der Waals surface area contributed by atoms with Crippen LogP contribution < -0.4 is 10.1 Å². The Hall–Kier alpha value is -2.08. The average molecular weight is 361 g/mol. The SMILES string of the molecule is CCc1nc(CCNC(=NC)N(C)Cc2ccccc2OC)sc1C. The first kappa shape index (κ1) is 19.2. The molecule has 0 spiro atoms. The van der Waals surface area contributed by atoms with E-state index in [-0.39, 0.29) is 0 Å². The fraction of sp³-hybridized carbons (Fsp3) is 0.474. The molecular formula is C19H28N4OS. The molecule has 0 fully saturated rings. The van der Waals surface area contributed by atoms with E-state index in [4.69, 9.17) is 9.72 Å². The molecule has 0 aliphatic carbocycles. The number of aromatic nitrogens is 1. The van der Waals surface area contributed by atoms with E-state index in [2.05, 4.69) is 35.1 Å². The van der Waals surface area contributed by atoms with E-state index >= 15 is 0 Å². The van der Waals surface area contributed by atoms with Crippen LogP contribution in [0.15, 0.2) is 29.3 Å². The summed E-state index contributed by atoms with van der Waals surface area (Å²) in [5.41, 5.74) is 2.36. The highest BCUT2D eigenvalue weighted by molar-refractivity contribution is 7.11. The zero-order chi connectivity index (χ0) is 18.2. The number of hydrogen-bond donors (Lipinski definition) is 1. The number of nitrogens with zero attached hydrogens (tertiary/aromatic N) is 3. The van der Waals surface area contributed by atoms with Gasteiger partial charge in [0.1, 0.15) is 5.75 Å². The first-order chi connectivity index (χ1) is 12.1. The minimum atomic E-state index is 0.736. The van der Waals surface area contributed by atoms with Gasteiger partial charge in [0.2, 0.25) is 0 Å². The number of nitrogens with one attached hydrogen (secondary N) is 1. The summed E-state index contributed by atoms with van der Waals surface area (Å²) >= 11 is 1.79. The van der Waals surface area contributed by atoms with Crippen molar-refractivity contribution >= 4 is 17.3 Å². The van der Waals surface area contributed by atoms with Gasteiger partial charge in [-0.3, -0.25) is 4.99 Å². The van der Waals surface area contributed by atoms with Gasteiger partial charge in [0, 0.05) is 44.0 Å². The van der Waals surface area contributed by atoms with Gasteiger partial charge in [0.25, 0.3) is 0 Å². The van der Waals surface area contributed by atoms with Gasteiger partial charge in [-0.25, -0.2) is 4.98 Å². The molecule has 1 N–H and O–H groups in total. The Balaban J connectivity index is 1.90. The lowest BCUT2D eigenvalue weighted by atomic mass is 10.2. The number of ether oxygens (including phenoxy) is 1. The van der Waals surface area contributed by atoms with Gasteiger partial charge in [-0.2, -0.15) is 0 Å². The summed E-state index contributed by atoms with van der Waals surface area (Å²) in [6, 6.07) is 8.07. The van der Waals surface area contributed by atoms with Crippen LogP contribution >= 0.6 is 11.3 Å². The molecule has 0 saturated carbocycles. The molecule has 0 amide bonds. The largest absolute Gasteiger partial charge is 0.496 e. The molecule has 6 heteroatoms. The van der Waals surface area contributed by atoms with Crippen molar-refractivity contribution in [3.05, 3.63) is 45.4 Å². The number of guanidine groups is 1. The Morgan fingerprint density at radius 3 is 2.76 bits per heavy atom. The molecule has 0 saturated heterocycles. The van der Waals surface area contributed by atoms with E-state index in [1.807, 2.05) is 32.3 Å². The molecule has 2 rings (SSSR count). The standard InChI is InChI=1S/C19H28N4OS/c1-6-16-14(2)25-18(22-16)11-12-21-19(20-3)23(4)13-15-9-7-8-10-17(15)24-5/h7-10H,6,11-13H2,1-5H3,(H,20,21). The Morgan fingerprint density at radius 1 is 1.36 bits per heavy atom. The Kier molecular flexibility index (Phi) is 7.25. The van der Waals surface area contributed by atoms with Crippen LogP contribution in [-0.4, -0.2) is 43.6 Å². The number of methoxy groups -OCH3 is 1. The maximum Gasteiger partial charge on any atom is 0.193 e. The smallest absolute Gasteiger partial charge is 0.193 e. The highest BCUT2D eigenvalue weighted by Crippen LogP contribution is 2.19. The Labute approximate surface area is 154 Å². The van der Waals surface area contributed by atoms with Gasteiger partial charge < -0.3 is 15.0 Å². The maximum atomic E-state index is 5.43. The van der Waals surface area contributed by atoms with Gasteiger partial charge in [-0.15, -0.1) is 11.3 Å². The number of hydrogen-bond acceptors (Lipinski definition) is 4. The normalized spacial score (nSPS) is 11.5. The zero-order valence-electron chi connectivity index (χ0n) is 15.8. The first-order valence-corrected chi connectivity index (χ1v) is 9.39. The molecule has 25 heavy (non-hydrogen) atoms. The van der Waals surface area contributed by atoms with Crippen LogP contribution in [0.25, 0.3) is 0 Å². The zero-order valence-corrected chi connectivity index (χ0v) is 16.6. The summed E-state index contributed by atoms with van der Waals surface area (Å²) in [4.78, 5) is 12.5. The molecule has 0 aliphatic heterocycles. The highest BCUT2D eigenvalue weighted by Gasteiger charge is 2.10. The van der Waals surface area contributed by atoms with Gasteiger partial charge in [0.05, 0.1) is 17.8 Å². The first-order valence-electron chi connectivity index (χ1n) is 8.57. The minimum Gasteiger partial charge on any atom is -0.496 e. The molecule has 1 aromatic heterocycles. The molecule has 0 unspecified atom stereocenters. The molecule has 5 nitrogen and oxygen atoms in total. The fourth-order valence-electron chi connectivity index (χ4n) is 2.75. The van der Waals surface area contributed by atoms with Gasteiger partial charge in [0.15, 0.2) is 5.96 Å². The molecule has 0 bridgehead atoms. The van der Waals surface area contributed by atoms with Crippen molar-refractivity contribution in [1.82, 2.24) is 15.2 Å². The van der Waals surface area contributed by atoms with Crippen molar-refractivity contribution < 1.29 is 4.74 Å². The molecule has 2 aromatic rings. The third-order valence-electron chi connectivity index (χ3n) is 4.07. The molecule has 1 aromatic carbocycles. The van der Waals surface area contributed by atoms with E-state index in [0.717, 1.165) is 43.2 Å². The van der Waals surface area contributed by atoms with Gasteiger partial charge >= 0.3 is 0 Å². The average Bonchev–Trinajstić information content (AvgIpc) is 2.98. The minimum absolute atomic E-state index is 0.736. The fourth-order valence-corrected chi connectivity index (χ4v) is 3.77. The van der Waals surface area contributed by atoms with Crippen LogP contribution in [0.5, 0.6) is 5.75 Å². The van der Waals surface area contributed by atoms with E-state index in [1.54, 1.807) is 18.4 Å². The second-order valence-corrected chi connectivity index (χ2v) is 7.14. The van der Waals surface area contributed by atoms with Crippen LogP contribution in [0.3, 0.4) is 0 Å². The number of benzene rings is 1. The second kappa shape index (κ2) is 9.42. The predicted molar refractivity (Wildman–Crippen MR) is 106 cm³/mol. The number of para-hydroxylation sites is 1. The Morgan fingerprint density at radius 2 is 2.12 bits per heavy atom. The molecular weight excluding hydrogens is 332 g/mol. The number of aryl methyl sites for hydroxylation is 2. The second-order valence-electron chi connectivity index (χ2n) is 5.86. The summed E-state index contributed by atoms with van der Waals surface area (Å²) in [6.07, 6.45) is 1.91. The lowest BCUT2D eigenvalue weighted by molar-refractivity contribution is 0.396. The van der Waals surface area contributed by atoms with Gasteiger partial charge in [-0.05, 0) is 19.4 Å². The number of aliphatic imine (C=N–C) groups is 1. The van der Waals surface area contributed by atoms with Crippen molar-refractivity contribution in [3.63, 3.8) is 0 Å². The molecule has 0 atom stereocenters. The maximum absolute atomic E-state index is 5.43. The third kappa shape index (κ3) is 5.19. The van der Waals surface area contributed by atoms with Crippen molar-refractivity contribution in [2.45, 2.75) is 33.2 Å². The van der Waals surface area contributed by atoms with Crippen molar-refractivity contribution in [3.8, 4) is 5.75 Å². The van der Waals surface area contributed by atoms with Crippen LogP contribution in [0.1, 0.15) is 28.1 Å². The lowest BCUT2D eigenvalue weighted by Crippen LogP contribution is -2.39. The summed E-state index contributed by atoms with van der Waals surface area (Å²) in [7, 11) is 5.54. The highest BCUT2D eigenvalue weighted by atomic mass is 32.1. The topological polar surface area (TPSA) is 49.8 Å². The molecule has 136 valence electrons. The van der Waals surface area contributed by atoms with E-state index in [9.17, 15) is 0 Å². The van der Waals surface area contributed by atoms with Crippen LogP contribution in [0.4, 0.5) is 0 Å². The quantitative estimate of drug-likeness (QED) is 0.608. The molecule has 0 aliphatic rings. The van der Waals surface area contributed by atoms with E-state index < -0.39 is 0 Å². The van der Waals surface area contributed by atoms with E-state index in [0.29, 0.717) is 0 Å². The third-order valence-corrected chi connectivity index (χ3v) is 5.14. The monoisotopic (exact) mass is 360 g/mol. The van der Waals surface area contributed by atoms with Crippen molar-refractivity contribution in [1.29, 1.82) is 0 Å². The molecule has 1 heterocycles. The predicted octanol–water partition coefficient (Wildman–Crippen LogP) is 3.27. The summed E-state index contributed by atoms with van der Waals surface area (Å²) in [5, 5.41) is 4.61. The molecule has 0 radical (unpaired) electrons. The van der Waals surface area contributed by atoms with E-state index in [1.165, 1.54) is 15.6 Å². The van der Waals surface area contributed by atoms with Crippen molar-refractivity contribution in [2.75, 3.05) is 27.7 Å². The van der Waals surface area contributed by atoms with Crippen LogP contribution in [0, 0.1) is 6.92 Å². The summed E-state index contributed by atoms with van der Waals surface area (Å²) < 4.78 is 5.43. The number of rotatable bonds is 7. The Bertz CT molecular complexity index is 711. The summed E-state index contributed by atoms with van der Waals surface area (Å²) in [5.74, 6) is 1.77. The van der Waals surface area contributed by atoms with Gasteiger partial charge in [-0.1, -0.05) is 25.1 Å². The van der Waals surface area contributed by atoms with Crippen molar-refractivity contribution in [2.24, 2.45) is 4.99 Å². The number of thiazole rings is 1. The lowest BCUT2D eigenvalue weighted by Gasteiger charge is -2.23. The summed E-state index contributed by atoms with van der Waals surface area (Å²) in [6.45, 7) is 5.85. The van der Waals surface area contributed by atoms with Crippen LogP contribution in [-0.2, 0) is 19.4 Å². The van der Waals surface area contributed by atoms with Crippen LogP contribution in [0.2, 0.25) is 0 Å².